The summed E-state index contributed by atoms with van der Waals surface area (Å²) in [7, 11) is -1.59. The van der Waals surface area contributed by atoms with Gasteiger partial charge in [0.25, 0.3) is 6.47 Å². The normalized spacial score (nSPS) is 14.9. The van der Waals surface area contributed by atoms with E-state index < -0.39 is 21.4 Å². The van der Waals surface area contributed by atoms with Crippen LogP contribution in [0.1, 0.15) is 11.3 Å². The highest BCUT2D eigenvalue weighted by Crippen LogP contribution is 2.38. The van der Waals surface area contributed by atoms with Crippen molar-refractivity contribution in [1.82, 2.24) is 9.46 Å². The van der Waals surface area contributed by atoms with Gasteiger partial charge in [0.1, 0.15) is 16.8 Å². The highest BCUT2D eigenvalue weighted by molar-refractivity contribution is 7.88. The van der Waals surface area contributed by atoms with Gasteiger partial charge in [-0.2, -0.15) is 4.31 Å². The quantitative estimate of drug-likeness (QED) is 0.446. The maximum Gasteiger partial charge on any atom is 0.316 e. The first-order chi connectivity index (χ1) is 16.1. The molecular weight excluding hydrogens is 462 g/mol. The van der Waals surface area contributed by atoms with Crippen molar-refractivity contribution in [2.24, 2.45) is 0 Å². The fourth-order valence-corrected chi connectivity index (χ4v) is 4.80. The maximum absolute atomic E-state index is 11.9. The third kappa shape index (κ3) is 4.66. The number of aryl methyl sites for hydroxylation is 1. The predicted molar refractivity (Wildman–Crippen MR) is 126 cm³/mol. The molecule has 0 aliphatic carbocycles. The summed E-state index contributed by atoms with van der Waals surface area (Å²) in [6.45, 7) is 1.51. The van der Waals surface area contributed by atoms with Crippen molar-refractivity contribution in [3.8, 4) is 22.5 Å². The first-order valence-electron chi connectivity index (χ1n) is 10.2. The Morgan fingerprint density at radius 3 is 2.00 bits per heavy atom. The molecule has 1 saturated heterocycles. The third-order valence-electron chi connectivity index (χ3n) is 5.80. The molecule has 2 aromatic carbocycles. The van der Waals surface area contributed by atoms with Crippen LogP contribution in [-0.4, -0.2) is 66.9 Å². The maximum atomic E-state index is 11.9. The number of hydrogen-bond acceptors (Lipinski definition) is 7. The van der Waals surface area contributed by atoms with Gasteiger partial charge in [0.15, 0.2) is 5.76 Å². The SMILES string of the molecule is CNc1c(C)noc1-c1ccc(-c2ccc(C3(C(=O)O)CN(S(C)(=O)=O)C3)cc2)cc1.O=CO. The lowest BCUT2D eigenvalue weighted by atomic mass is 9.75. The molecule has 3 N–H and O–H groups in total. The minimum Gasteiger partial charge on any atom is -0.483 e. The zero-order chi connectivity index (χ0) is 25.1. The molecule has 3 aromatic rings. The van der Waals surface area contributed by atoms with Crippen molar-refractivity contribution >= 4 is 28.2 Å². The number of rotatable bonds is 6. The molecule has 34 heavy (non-hydrogen) atoms. The molecule has 1 aliphatic rings. The Kier molecular flexibility index (Phi) is 7.08. The van der Waals surface area contributed by atoms with Gasteiger partial charge in [-0.1, -0.05) is 53.7 Å². The first-order valence-corrected chi connectivity index (χ1v) is 12.0. The van der Waals surface area contributed by atoms with Gasteiger partial charge in [-0.15, -0.1) is 0 Å². The number of carboxylic acid groups (broad SMARTS) is 2. The average Bonchev–Trinajstić information content (AvgIpc) is 3.13. The second-order valence-electron chi connectivity index (χ2n) is 7.90. The van der Waals surface area contributed by atoms with Gasteiger partial charge in [0.2, 0.25) is 10.0 Å². The van der Waals surface area contributed by atoms with Gasteiger partial charge in [-0.05, 0) is 23.6 Å². The lowest BCUT2D eigenvalue weighted by Crippen LogP contribution is -2.64. The molecule has 0 spiro atoms. The van der Waals surface area contributed by atoms with Crippen LogP contribution in [0.5, 0.6) is 0 Å². The molecule has 1 fully saturated rings. The lowest BCUT2D eigenvalue weighted by Gasteiger charge is -2.45. The summed E-state index contributed by atoms with van der Waals surface area (Å²) in [5.74, 6) is -0.349. The number of anilines is 1. The average molecular weight is 488 g/mol. The standard InChI is InChI=1S/C22H23N3O5S.CH2O2/c1-14-19(23-2)20(30-24-14)17-6-4-15(5-7-17)16-8-10-18(11-9-16)22(21(26)27)12-25(13-22)31(3,28)29;2-1-3/h4-11,23H,12-13H2,1-3H3,(H,26,27);1H,(H,2,3). The van der Waals surface area contributed by atoms with Crippen LogP contribution in [0.3, 0.4) is 0 Å². The fraction of sp³-hybridized carbons (Fsp3) is 0.261. The van der Waals surface area contributed by atoms with Gasteiger partial charge in [-0.3, -0.25) is 9.59 Å². The highest BCUT2D eigenvalue weighted by Gasteiger charge is 2.53. The molecule has 0 radical (unpaired) electrons. The molecule has 11 heteroatoms. The second kappa shape index (κ2) is 9.65. The summed E-state index contributed by atoms with van der Waals surface area (Å²) in [5.41, 5.74) is 3.81. The van der Waals surface area contributed by atoms with E-state index in [0.29, 0.717) is 11.3 Å². The molecule has 0 saturated carbocycles. The molecule has 0 bridgehead atoms. The van der Waals surface area contributed by atoms with Gasteiger partial charge < -0.3 is 20.1 Å². The third-order valence-corrected chi connectivity index (χ3v) is 7.00. The number of carbonyl (C=O) groups is 2. The molecule has 1 aromatic heterocycles. The largest absolute Gasteiger partial charge is 0.483 e. The summed E-state index contributed by atoms with van der Waals surface area (Å²) in [5, 5.41) is 23.7. The number of nitrogens with zero attached hydrogens (tertiary/aromatic N) is 2. The van der Waals surface area contributed by atoms with Gasteiger partial charge in [-0.25, -0.2) is 8.42 Å². The predicted octanol–water partition coefficient (Wildman–Crippen LogP) is 2.66. The van der Waals surface area contributed by atoms with E-state index in [1.165, 1.54) is 4.31 Å². The molecular formula is C23H25N3O7S. The molecule has 0 atom stereocenters. The first kappa shape index (κ1) is 24.9. The molecule has 10 nitrogen and oxygen atoms in total. The number of carboxylic acids is 1. The van der Waals surface area contributed by atoms with Crippen LogP contribution in [0.15, 0.2) is 53.1 Å². The van der Waals surface area contributed by atoms with E-state index in [1.54, 1.807) is 12.1 Å². The molecule has 0 amide bonds. The van der Waals surface area contributed by atoms with Crippen LogP contribution >= 0.6 is 0 Å². The molecule has 2 heterocycles. The molecule has 0 unspecified atom stereocenters. The molecule has 4 rings (SSSR count). The number of benzene rings is 2. The minimum atomic E-state index is -3.41. The summed E-state index contributed by atoms with van der Waals surface area (Å²) >= 11 is 0. The van der Waals surface area contributed by atoms with Crippen molar-refractivity contribution in [3.05, 3.63) is 59.8 Å². The van der Waals surface area contributed by atoms with Crippen LogP contribution in [0.2, 0.25) is 0 Å². The summed E-state index contributed by atoms with van der Waals surface area (Å²) in [6.07, 6.45) is 1.09. The zero-order valence-corrected chi connectivity index (χ0v) is 19.7. The van der Waals surface area contributed by atoms with Crippen molar-refractivity contribution < 1.29 is 32.7 Å². The van der Waals surface area contributed by atoms with E-state index in [9.17, 15) is 18.3 Å². The lowest BCUT2D eigenvalue weighted by molar-refractivity contribution is -0.148. The summed E-state index contributed by atoms with van der Waals surface area (Å²) < 4.78 is 30.0. The summed E-state index contributed by atoms with van der Waals surface area (Å²) in [6, 6.07) is 15.0. The Labute approximate surface area is 196 Å². The van der Waals surface area contributed by atoms with E-state index >= 15 is 0 Å². The fourth-order valence-electron chi connectivity index (χ4n) is 3.89. The molecule has 1 aliphatic heterocycles. The van der Waals surface area contributed by atoms with Crippen LogP contribution in [-0.2, 0) is 25.0 Å². The van der Waals surface area contributed by atoms with E-state index in [2.05, 4.69) is 10.5 Å². The topological polar surface area (TPSA) is 150 Å². The van der Waals surface area contributed by atoms with Gasteiger partial charge >= 0.3 is 5.97 Å². The van der Waals surface area contributed by atoms with Gasteiger partial charge in [0.05, 0.1) is 6.26 Å². The zero-order valence-electron chi connectivity index (χ0n) is 18.8. The second-order valence-corrected chi connectivity index (χ2v) is 9.88. The van der Waals surface area contributed by atoms with Crippen LogP contribution in [0, 0.1) is 6.92 Å². The number of aliphatic carboxylic acids is 1. The number of hydrogen-bond donors (Lipinski definition) is 3. The van der Waals surface area contributed by atoms with Crippen molar-refractivity contribution in [2.75, 3.05) is 31.7 Å². The van der Waals surface area contributed by atoms with Crippen LogP contribution in [0.4, 0.5) is 5.69 Å². The van der Waals surface area contributed by atoms with Crippen molar-refractivity contribution in [3.63, 3.8) is 0 Å². The number of nitrogens with one attached hydrogen (secondary N) is 1. The van der Waals surface area contributed by atoms with E-state index in [0.717, 1.165) is 34.3 Å². The Morgan fingerprint density at radius 2 is 1.56 bits per heavy atom. The highest BCUT2D eigenvalue weighted by atomic mass is 32.2. The number of aromatic nitrogens is 1. The smallest absolute Gasteiger partial charge is 0.316 e. The Morgan fingerprint density at radius 1 is 1.09 bits per heavy atom. The van der Waals surface area contributed by atoms with Crippen molar-refractivity contribution in [1.29, 1.82) is 0 Å². The monoisotopic (exact) mass is 487 g/mol. The van der Waals surface area contributed by atoms with E-state index in [4.69, 9.17) is 14.4 Å². The van der Waals surface area contributed by atoms with Crippen LogP contribution < -0.4 is 5.32 Å². The van der Waals surface area contributed by atoms with Crippen molar-refractivity contribution in [2.45, 2.75) is 12.3 Å². The van der Waals surface area contributed by atoms with Gasteiger partial charge in [0, 0.05) is 25.7 Å². The van der Waals surface area contributed by atoms with E-state index in [1.807, 2.05) is 50.4 Å². The minimum absolute atomic E-state index is 0.0559. The Bertz CT molecular complexity index is 1280. The van der Waals surface area contributed by atoms with Crippen LogP contribution in [0.25, 0.3) is 22.5 Å². The van der Waals surface area contributed by atoms with E-state index in [-0.39, 0.29) is 19.6 Å². The Balaban J connectivity index is 0.00000103. The Hall–Kier alpha value is -3.70. The molecule has 180 valence electrons. The summed E-state index contributed by atoms with van der Waals surface area (Å²) in [4.78, 5) is 20.3. The number of sulfonamides is 1.